The van der Waals surface area contributed by atoms with E-state index in [-0.39, 0.29) is 22.9 Å². The minimum atomic E-state index is -0.523. The molecule has 1 atom stereocenters. The van der Waals surface area contributed by atoms with E-state index in [0.717, 1.165) is 31.2 Å². The highest BCUT2D eigenvalue weighted by Crippen LogP contribution is 2.39. The molecule has 1 fully saturated rings. The van der Waals surface area contributed by atoms with Crippen molar-refractivity contribution in [2.24, 2.45) is 17.8 Å². The Morgan fingerprint density at radius 1 is 1.03 bits per heavy atom. The third kappa shape index (κ3) is 5.51. The average Bonchev–Trinajstić information content (AvgIpc) is 3.16. The SMILES string of the molecule is CC(C)C(NC(=O)C(C1CCCCC1)n1c(-c2ccc(Cl)cc2)nc2cc(F)c(Cl)cc21)C(C)C. The molecule has 0 saturated heterocycles. The van der Waals surface area contributed by atoms with E-state index >= 15 is 0 Å². The fraction of sp³-hybridized carbons (Fsp3) is 0.500. The number of fused-ring (bicyclic) bond motifs is 1. The zero-order chi connectivity index (χ0) is 25.3. The number of halogens is 3. The molecule has 0 spiro atoms. The summed E-state index contributed by atoms with van der Waals surface area (Å²) in [5, 5.41) is 4.00. The van der Waals surface area contributed by atoms with Crippen LogP contribution in [0.3, 0.4) is 0 Å². The number of imidazole rings is 1. The largest absolute Gasteiger partial charge is 0.351 e. The molecule has 4 rings (SSSR count). The summed E-state index contributed by atoms with van der Waals surface area (Å²) >= 11 is 12.4. The molecule has 1 amide bonds. The molecule has 1 aliphatic rings. The number of benzene rings is 2. The van der Waals surface area contributed by atoms with E-state index in [0.29, 0.717) is 33.7 Å². The zero-order valence-corrected chi connectivity index (χ0v) is 22.3. The normalized spacial score (nSPS) is 15.9. The van der Waals surface area contributed by atoms with Crippen LogP contribution in [0.4, 0.5) is 4.39 Å². The number of nitrogens with zero attached hydrogens (tertiary/aromatic N) is 2. The van der Waals surface area contributed by atoms with Crippen LogP contribution in [-0.2, 0) is 4.79 Å². The lowest BCUT2D eigenvalue weighted by atomic mass is 9.82. The van der Waals surface area contributed by atoms with Crippen LogP contribution in [0.15, 0.2) is 36.4 Å². The van der Waals surface area contributed by atoms with Gasteiger partial charge in [0.2, 0.25) is 5.91 Å². The molecule has 1 saturated carbocycles. The van der Waals surface area contributed by atoms with Crippen molar-refractivity contribution >= 4 is 40.1 Å². The van der Waals surface area contributed by atoms with Crippen molar-refractivity contribution in [3.63, 3.8) is 0 Å². The molecule has 0 bridgehead atoms. The van der Waals surface area contributed by atoms with E-state index in [1.54, 1.807) is 18.2 Å². The van der Waals surface area contributed by atoms with Gasteiger partial charge in [-0.1, -0.05) is 70.2 Å². The number of carbonyl (C=O) groups excluding carboxylic acids is 1. The molecule has 7 heteroatoms. The van der Waals surface area contributed by atoms with Crippen LogP contribution < -0.4 is 5.32 Å². The summed E-state index contributed by atoms with van der Waals surface area (Å²) in [6.07, 6.45) is 5.27. The Morgan fingerprint density at radius 2 is 1.66 bits per heavy atom. The van der Waals surface area contributed by atoms with Gasteiger partial charge in [0, 0.05) is 22.7 Å². The summed E-state index contributed by atoms with van der Waals surface area (Å²) in [5.74, 6) is 0.823. The molecule has 1 N–H and O–H groups in total. The Balaban J connectivity index is 1.92. The van der Waals surface area contributed by atoms with Crippen molar-refractivity contribution in [3.8, 4) is 11.4 Å². The van der Waals surface area contributed by atoms with Crippen LogP contribution >= 0.6 is 23.2 Å². The molecule has 35 heavy (non-hydrogen) atoms. The first-order valence-corrected chi connectivity index (χ1v) is 13.4. The van der Waals surface area contributed by atoms with Gasteiger partial charge in [-0.15, -0.1) is 0 Å². The molecule has 188 valence electrons. The first kappa shape index (κ1) is 26.0. The number of rotatable bonds is 7. The Labute approximate surface area is 217 Å². The summed E-state index contributed by atoms with van der Waals surface area (Å²) in [5.41, 5.74) is 1.97. The van der Waals surface area contributed by atoms with Gasteiger partial charge in [-0.05, 0) is 60.9 Å². The summed E-state index contributed by atoms with van der Waals surface area (Å²) in [6.45, 7) is 8.54. The van der Waals surface area contributed by atoms with E-state index in [2.05, 4.69) is 33.0 Å². The van der Waals surface area contributed by atoms with Gasteiger partial charge in [-0.3, -0.25) is 4.79 Å². The third-order valence-corrected chi connectivity index (χ3v) is 7.76. The first-order chi connectivity index (χ1) is 16.7. The predicted octanol–water partition coefficient (Wildman–Crippen LogP) is 8.07. The van der Waals surface area contributed by atoms with E-state index in [1.807, 2.05) is 16.7 Å². The van der Waals surface area contributed by atoms with Gasteiger partial charge in [0.25, 0.3) is 0 Å². The van der Waals surface area contributed by atoms with Crippen LogP contribution in [0, 0.1) is 23.6 Å². The van der Waals surface area contributed by atoms with Crippen molar-refractivity contribution < 1.29 is 9.18 Å². The fourth-order valence-electron chi connectivity index (χ4n) is 5.52. The fourth-order valence-corrected chi connectivity index (χ4v) is 5.80. The highest BCUT2D eigenvalue weighted by molar-refractivity contribution is 6.31. The van der Waals surface area contributed by atoms with Crippen LogP contribution in [0.25, 0.3) is 22.4 Å². The number of hydrogen-bond acceptors (Lipinski definition) is 2. The average molecular weight is 519 g/mol. The lowest BCUT2D eigenvalue weighted by molar-refractivity contribution is -0.127. The van der Waals surface area contributed by atoms with Crippen molar-refractivity contribution in [2.75, 3.05) is 0 Å². The molecule has 1 aromatic heterocycles. The number of hydrogen-bond donors (Lipinski definition) is 1. The maximum Gasteiger partial charge on any atom is 0.243 e. The first-order valence-electron chi connectivity index (χ1n) is 12.6. The molecule has 2 aromatic carbocycles. The molecular formula is C28H34Cl2FN3O. The van der Waals surface area contributed by atoms with Crippen molar-refractivity contribution in [2.45, 2.75) is 71.9 Å². The molecular weight excluding hydrogens is 484 g/mol. The number of amides is 1. The summed E-state index contributed by atoms with van der Waals surface area (Å²) in [4.78, 5) is 18.9. The Bertz CT molecular complexity index is 1180. The maximum absolute atomic E-state index is 14.4. The Hall–Kier alpha value is -2.11. The van der Waals surface area contributed by atoms with Gasteiger partial charge in [0.1, 0.15) is 17.7 Å². The zero-order valence-electron chi connectivity index (χ0n) is 20.8. The Morgan fingerprint density at radius 3 is 2.26 bits per heavy atom. The standard InChI is InChI=1S/C28H34Cl2FN3O/c1-16(2)25(17(3)4)33-28(35)26(18-8-6-5-7-9-18)34-24-14-21(30)22(31)15-23(24)32-27(34)19-10-12-20(29)13-11-19/h10-18,25-26H,5-9H2,1-4H3,(H,33,35). The minimum absolute atomic E-state index is 0.0146. The van der Waals surface area contributed by atoms with E-state index in [1.165, 1.54) is 12.5 Å². The maximum atomic E-state index is 14.4. The topological polar surface area (TPSA) is 46.9 Å². The van der Waals surface area contributed by atoms with Crippen molar-refractivity contribution in [1.82, 2.24) is 14.9 Å². The molecule has 4 nitrogen and oxygen atoms in total. The monoisotopic (exact) mass is 517 g/mol. The van der Waals surface area contributed by atoms with Gasteiger partial charge in [0.05, 0.1) is 16.1 Å². The summed E-state index contributed by atoms with van der Waals surface area (Å²) < 4.78 is 16.4. The highest BCUT2D eigenvalue weighted by atomic mass is 35.5. The summed E-state index contributed by atoms with van der Waals surface area (Å²) in [7, 11) is 0. The highest BCUT2D eigenvalue weighted by Gasteiger charge is 2.36. The third-order valence-electron chi connectivity index (χ3n) is 7.22. The predicted molar refractivity (Wildman–Crippen MR) is 142 cm³/mol. The van der Waals surface area contributed by atoms with Gasteiger partial charge in [-0.25, -0.2) is 9.37 Å². The minimum Gasteiger partial charge on any atom is -0.351 e. The smallest absolute Gasteiger partial charge is 0.243 e. The van der Waals surface area contributed by atoms with Gasteiger partial charge in [0.15, 0.2) is 0 Å². The van der Waals surface area contributed by atoms with Crippen molar-refractivity contribution in [3.05, 3.63) is 52.3 Å². The van der Waals surface area contributed by atoms with Crippen molar-refractivity contribution in [1.29, 1.82) is 0 Å². The van der Waals surface area contributed by atoms with E-state index < -0.39 is 11.9 Å². The van der Waals surface area contributed by atoms with Gasteiger partial charge in [-0.2, -0.15) is 0 Å². The molecule has 1 unspecified atom stereocenters. The van der Waals surface area contributed by atoms with Crippen LogP contribution in [0.2, 0.25) is 10.0 Å². The quantitative estimate of drug-likeness (QED) is 0.344. The number of nitrogens with one attached hydrogen (secondary N) is 1. The molecule has 3 aromatic rings. The van der Waals surface area contributed by atoms with E-state index in [4.69, 9.17) is 28.2 Å². The second-order valence-corrected chi connectivity index (χ2v) is 11.3. The Kier molecular flexibility index (Phi) is 8.07. The van der Waals surface area contributed by atoms with Crippen LogP contribution in [0.1, 0.15) is 65.8 Å². The van der Waals surface area contributed by atoms with Gasteiger partial charge >= 0.3 is 0 Å². The second-order valence-electron chi connectivity index (χ2n) is 10.4. The lowest BCUT2D eigenvalue weighted by Gasteiger charge is -2.34. The number of carbonyl (C=O) groups is 1. The molecule has 0 radical (unpaired) electrons. The van der Waals surface area contributed by atoms with Crippen LogP contribution in [-0.4, -0.2) is 21.5 Å². The molecule has 1 aliphatic carbocycles. The van der Waals surface area contributed by atoms with E-state index in [9.17, 15) is 9.18 Å². The molecule has 0 aliphatic heterocycles. The second kappa shape index (κ2) is 10.9. The molecule has 1 heterocycles. The number of aromatic nitrogens is 2. The van der Waals surface area contributed by atoms with Gasteiger partial charge < -0.3 is 9.88 Å². The van der Waals surface area contributed by atoms with Crippen LogP contribution in [0.5, 0.6) is 0 Å². The lowest BCUT2D eigenvalue weighted by Crippen LogP contribution is -2.47. The summed E-state index contributed by atoms with van der Waals surface area (Å²) in [6, 6.07) is 9.90.